The third-order valence-electron chi connectivity index (χ3n) is 6.76. The topological polar surface area (TPSA) is 191 Å². The van der Waals surface area contributed by atoms with E-state index in [4.69, 9.17) is 5.73 Å². The molecule has 0 spiro atoms. The van der Waals surface area contributed by atoms with Gasteiger partial charge >= 0.3 is 5.97 Å². The van der Waals surface area contributed by atoms with Crippen molar-refractivity contribution in [2.45, 2.75) is 63.7 Å². The van der Waals surface area contributed by atoms with Crippen molar-refractivity contribution in [2.24, 2.45) is 11.7 Å². The minimum absolute atomic E-state index is 0.0221. The maximum absolute atomic E-state index is 13.4. The molecule has 0 radical (unpaired) electrons. The number of hydrogen-bond acceptors (Lipinski definition) is 8. The average Bonchev–Trinajstić information content (AvgIpc) is 2.94. The molecule has 12 heteroatoms. The van der Waals surface area contributed by atoms with E-state index < -0.39 is 47.9 Å². The number of aromatic hydroxyl groups is 2. The molecule has 11 nitrogen and oxygen atoms in total. The molecule has 0 fully saturated rings. The summed E-state index contributed by atoms with van der Waals surface area (Å²) in [5, 5.41) is 36.7. The van der Waals surface area contributed by atoms with Crippen LogP contribution in [0.1, 0.15) is 37.8 Å². The van der Waals surface area contributed by atoms with E-state index in [0.29, 0.717) is 17.7 Å². The van der Waals surface area contributed by atoms with Gasteiger partial charge in [0.2, 0.25) is 17.7 Å². The summed E-state index contributed by atoms with van der Waals surface area (Å²) >= 11 is 1.48. The van der Waals surface area contributed by atoms with Crippen molar-refractivity contribution in [1.29, 1.82) is 0 Å². The molecule has 0 aliphatic heterocycles. The minimum atomic E-state index is -1.19. The number of amides is 3. The maximum atomic E-state index is 13.4. The Hall–Kier alpha value is -3.77. The fourth-order valence-electron chi connectivity index (χ4n) is 4.05. The lowest BCUT2D eigenvalue weighted by Crippen LogP contribution is -2.58. The van der Waals surface area contributed by atoms with Gasteiger partial charge in [0.15, 0.2) is 0 Å². The number of benzene rings is 2. The average molecular weight is 589 g/mol. The summed E-state index contributed by atoms with van der Waals surface area (Å²) < 4.78 is 0. The van der Waals surface area contributed by atoms with Gasteiger partial charge in [-0.2, -0.15) is 11.8 Å². The summed E-state index contributed by atoms with van der Waals surface area (Å²) in [6, 6.07) is 8.09. The molecule has 5 atom stereocenters. The van der Waals surface area contributed by atoms with Crippen LogP contribution in [-0.2, 0) is 32.0 Å². The Morgan fingerprint density at radius 3 is 1.78 bits per heavy atom. The zero-order valence-corrected chi connectivity index (χ0v) is 24.3. The van der Waals surface area contributed by atoms with Gasteiger partial charge in [-0.15, -0.1) is 0 Å². The molecular formula is C29H40N4O7S. The first-order chi connectivity index (χ1) is 19.4. The van der Waals surface area contributed by atoms with Gasteiger partial charge in [-0.3, -0.25) is 14.4 Å². The summed E-state index contributed by atoms with van der Waals surface area (Å²) in [6.45, 7) is 3.52. The second-order valence-electron chi connectivity index (χ2n) is 9.96. The maximum Gasteiger partial charge on any atom is 0.326 e. The number of hydrogen-bond donors (Lipinski definition) is 7. The van der Waals surface area contributed by atoms with E-state index >= 15 is 0 Å². The first-order valence-corrected chi connectivity index (χ1v) is 14.8. The molecule has 2 rings (SSSR count). The fraction of sp³-hybridized carbons (Fsp3) is 0.448. The molecule has 0 aliphatic carbocycles. The van der Waals surface area contributed by atoms with Crippen LogP contribution in [0.4, 0.5) is 0 Å². The van der Waals surface area contributed by atoms with Crippen LogP contribution < -0.4 is 21.7 Å². The Labute approximate surface area is 244 Å². The third-order valence-corrected chi connectivity index (χ3v) is 7.40. The Kier molecular flexibility index (Phi) is 13.4. The summed E-state index contributed by atoms with van der Waals surface area (Å²) in [5.74, 6) is -2.73. The number of carbonyl (C=O) groups excluding carboxylic acids is 3. The number of nitrogens with one attached hydrogen (secondary N) is 3. The van der Waals surface area contributed by atoms with E-state index in [1.54, 1.807) is 31.2 Å². The molecule has 8 N–H and O–H groups in total. The second kappa shape index (κ2) is 16.5. The fourth-order valence-corrected chi connectivity index (χ4v) is 4.52. The highest BCUT2D eigenvalue weighted by molar-refractivity contribution is 7.98. The van der Waals surface area contributed by atoms with Crippen molar-refractivity contribution in [3.05, 3.63) is 59.7 Å². The van der Waals surface area contributed by atoms with Crippen molar-refractivity contribution >= 4 is 35.5 Å². The smallest absolute Gasteiger partial charge is 0.326 e. The van der Waals surface area contributed by atoms with Gasteiger partial charge < -0.3 is 37.0 Å². The first-order valence-electron chi connectivity index (χ1n) is 13.4. The molecule has 3 amide bonds. The third kappa shape index (κ3) is 11.0. The van der Waals surface area contributed by atoms with Crippen LogP contribution in [0.15, 0.2) is 48.5 Å². The second-order valence-corrected chi connectivity index (χ2v) is 10.9. The Bertz CT molecular complexity index is 1160. The molecule has 0 heterocycles. The molecule has 0 aliphatic rings. The Balaban J connectivity index is 2.22. The highest BCUT2D eigenvalue weighted by atomic mass is 32.2. The van der Waals surface area contributed by atoms with Crippen LogP contribution >= 0.6 is 11.8 Å². The largest absolute Gasteiger partial charge is 0.508 e. The number of carboxylic acid groups (broad SMARTS) is 1. The molecule has 0 saturated carbocycles. The Morgan fingerprint density at radius 2 is 1.29 bits per heavy atom. The first kappa shape index (κ1) is 33.4. The lowest BCUT2D eigenvalue weighted by atomic mass is 9.98. The molecule has 2 aromatic carbocycles. The predicted molar refractivity (Wildman–Crippen MR) is 157 cm³/mol. The molecular weight excluding hydrogens is 548 g/mol. The van der Waals surface area contributed by atoms with E-state index in [2.05, 4.69) is 16.0 Å². The van der Waals surface area contributed by atoms with Gasteiger partial charge in [0.05, 0.1) is 6.04 Å². The van der Waals surface area contributed by atoms with Gasteiger partial charge in [0, 0.05) is 6.42 Å². The minimum Gasteiger partial charge on any atom is -0.508 e. The normalized spacial score (nSPS) is 14.6. The standard InChI is InChI=1S/C29H40N4O7S/c1-4-17(2)25(29(39)40)33-28(38)24(16-19-7-11-21(35)12-8-19)32-27(37)23(13-14-41-3)31-26(36)22(30)15-18-5-9-20(34)10-6-18/h5-12,17,22-25,34-35H,4,13-16,30H2,1-3H3,(H,31,36)(H,32,37)(H,33,38)(H,39,40). The summed E-state index contributed by atoms with van der Waals surface area (Å²) in [7, 11) is 0. The molecule has 0 bridgehead atoms. The van der Waals surface area contributed by atoms with E-state index in [9.17, 15) is 34.5 Å². The predicted octanol–water partition coefficient (Wildman–Crippen LogP) is 1.55. The van der Waals surface area contributed by atoms with E-state index in [-0.39, 0.29) is 36.7 Å². The van der Waals surface area contributed by atoms with Gasteiger partial charge in [0.25, 0.3) is 0 Å². The lowest BCUT2D eigenvalue weighted by Gasteiger charge is -2.26. The number of phenolic OH excluding ortho intramolecular Hbond substituents is 2. The van der Waals surface area contributed by atoms with Crippen LogP contribution in [0.25, 0.3) is 0 Å². The van der Waals surface area contributed by atoms with Crippen molar-refractivity contribution in [1.82, 2.24) is 16.0 Å². The van der Waals surface area contributed by atoms with E-state index in [1.807, 2.05) is 13.2 Å². The number of aliphatic carboxylic acids is 1. The molecule has 5 unspecified atom stereocenters. The SMILES string of the molecule is CCC(C)C(NC(=O)C(Cc1ccc(O)cc1)NC(=O)C(CCSC)NC(=O)C(N)Cc1ccc(O)cc1)C(=O)O. The van der Waals surface area contributed by atoms with Crippen molar-refractivity contribution < 1.29 is 34.5 Å². The van der Waals surface area contributed by atoms with E-state index in [1.165, 1.54) is 36.0 Å². The van der Waals surface area contributed by atoms with Gasteiger partial charge in [-0.25, -0.2) is 4.79 Å². The van der Waals surface area contributed by atoms with Gasteiger partial charge in [0.1, 0.15) is 29.6 Å². The molecule has 224 valence electrons. The molecule has 2 aromatic rings. The number of phenols is 2. The van der Waals surface area contributed by atoms with Crippen molar-refractivity contribution in [3.63, 3.8) is 0 Å². The zero-order chi connectivity index (χ0) is 30.5. The highest BCUT2D eigenvalue weighted by Gasteiger charge is 2.32. The summed E-state index contributed by atoms with van der Waals surface area (Å²) in [4.78, 5) is 51.5. The van der Waals surface area contributed by atoms with Gasteiger partial charge in [-0.05, 0) is 66.2 Å². The number of nitrogens with two attached hydrogens (primary N) is 1. The van der Waals surface area contributed by atoms with Gasteiger partial charge in [-0.1, -0.05) is 44.5 Å². The highest BCUT2D eigenvalue weighted by Crippen LogP contribution is 2.14. The number of thioether (sulfide) groups is 1. The van der Waals surface area contributed by atoms with Crippen LogP contribution in [0.5, 0.6) is 11.5 Å². The van der Waals surface area contributed by atoms with Crippen molar-refractivity contribution in [2.75, 3.05) is 12.0 Å². The summed E-state index contributed by atoms with van der Waals surface area (Å²) in [6.07, 6.45) is 2.84. The molecule has 0 saturated heterocycles. The van der Waals surface area contributed by atoms with Crippen LogP contribution in [0.2, 0.25) is 0 Å². The monoisotopic (exact) mass is 588 g/mol. The van der Waals surface area contributed by atoms with Crippen LogP contribution in [-0.4, -0.2) is 75.2 Å². The number of rotatable bonds is 16. The van der Waals surface area contributed by atoms with Crippen LogP contribution in [0.3, 0.4) is 0 Å². The quantitative estimate of drug-likeness (QED) is 0.152. The molecule has 0 aromatic heterocycles. The van der Waals surface area contributed by atoms with E-state index in [0.717, 1.165) is 5.56 Å². The Morgan fingerprint density at radius 1 is 0.805 bits per heavy atom. The summed E-state index contributed by atoms with van der Waals surface area (Å²) in [5.41, 5.74) is 7.46. The van der Waals surface area contributed by atoms with Crippen molar-refractivity contribution in [3.8, 4) is 11.5 Å². The number of carboxylic acids is 1. The lowest BCUT2D eigenvalue weighted by molar-refractivity contribution is -0.143. The van der Waals surface area contributed by atoms with Crippen LogP contribution in [0, 0.1) is 5.92 Å². The molecule has 41 heavy (non-hydrogen) atoms. The zero-order valence-electron chi connectivity index (χ0n) is 23.5. The number of carbonyl (C=O) groups is 4.